The Morgan fingerprint density at radius 1 is 1.12 bits per heavy atom. The Balaban J connectivity index is 1.73. The third-order valence-electron chi connectivity index (χ3n) is 4.42. The van der Waals surface area contributed by atoms with Crippen molar-refractivity contribution in [2.24, 2.45) is 0 Å². The molecular weight excluding hydrogens is 302 g/mol. The van der Waals surface area contributed by atoms with Gasteiger partial charge in [0.25, 0.3) is 0 Å². The minimum Gasteiger partial charge on any atom is -0.342 e. The summed E-state index contributed by atoms with van der Waals surface area (Å²) in [6.07, 6.45) is 6.99. The van der Waals surface area contributed by atoms with Crippen molar-refractivity contribution in [1.82, 2.24) is 24.2 Å². The molecule has 0 saturated heterocycles. The maximum absolute atomic E-state index is 12.7. The zero-order valence-electron chi connectivity index (χ0n) is 14.1. The first kappa shape index (κ1) is 16.0. The van der Waals surface area contributed by atoms with Crippen LogP contribution in [0.1, 0.15) is 31.5 Å². The van der Waals surface area contributed by atoms with Crippen LogP contribution in [0.25, 0.3) is 5.69 Å². The number of hydrogen-bond donors (Lipinski definition) is 0. The molecule has 2 aromatic heterocycles. The van der Waals surface area contributed by atoms with Crippen LogP contribution >= 0.6 is 0 Å². The van der Waals surface area contributed by atoms with Gasteiger partial charge in [0.05, 0.1) is 11.7 Å². The van der Waals surface area contributed by atoms with Crippen LogP contribution in [0.15, 0.2) is 61.4 Å². The van der Waals surface area contributed by atoms with Crippen molar-refractivity contribution >= 4 is 5.91 Å². The number of nitrogens with zero attached hydrogens (tertiary/aromatic N) is 5. The van der Waals surface area contributed by atoms with E-state index in [0.717, 1.165) is 11.3 Å². The number of hydrogen-bond acceptors (Lipinski definition) is 3. The van der Waals surface area contributed by atoms with Crippen LogP contribution in [0.2, 0.25) is 0 Å². The summed E-state index contributed by atoms with van der Waals surface area (Å²) in [6.45, 7) is 3.95. The van der Waals surface area contributed by atoms with E-state index in [1.807, 2.05) is 74.3 Å². The summed E-state index contributed by atoms with van der Waals surface area (Å²) in [5.74, 6) is 0.0825. The zero-order valence-corrected chi connectivity index (χ0v) is 14.1. The molecule has 1 aromatic carbocycles. The highest BCUT2D eigenvalue weighted by Gasteiger charge is 2.23. The number of carbonyl (C=O) groups is 1. The molecule has 0 aliphatic rings. The van der Waals surface area contributed by atoms with E-state index in [4.69, 9.17) is 0 Å². The largest absolute Gasteiger partial charge is 0.342 e. The number of benzene rings is 1. The Labute approximate surface area is 141 Å². The molecule has 2 heterocycles. The molecule has 0 N–H and O–H groups in total. The maximum atomic E-state index is 12.7. The summed E-state index contributed by atoms with van der Waals surface area (Å²) < 4.78 is 3.62. The van der Waals surface area contributed by atoms with Crippen molar-refractivity contribution < 1.29 is 4.79 Å². The molecule has 6 nitrogen and oxygen atoms in total. The lowest BCUT2D eigenvalue weighted by Gasteiger charge is -2.28. The highest BCUT2D eigenvalue weighted by Crippen LogP contribution is 2.23. The van der Waals surface area contributed by atoms with Crippen molar-refractivity contribution in [2.75, 3.05) is 7.05 Å². The van der Waals surface area contributed by atoms with E-state index in [1.165, 1.54) is 6.33 Å². The molecule has 3 rings (SSSR count). The van der Waals surface area contributed by atoms with Gasteiger partial charge >= 0.3 is 0 Å². The fourth-order valence-electron chi connectivity index (χ4n) is 2.69. The quantitative estimate of drug-likeness (QED) is 0.725. The average molecular weight is 323 g/mol. The summed E-state index contributed by atoms with van der Waals surface area (Å²) in [7, 11) is 1.85. The third-order valence-corrected chi connectivity index (χ3v) is 4.42. The second kappa shape index (κ2) is 6.70. The van der Waals surface area contributed by atoms with Crippen LogP contribution in [0.4, 0.5) is 0 Å². The fourth-order valence-corrected chi connectivity index (χ4v) is 2.69. The van der Waals surface area contributed by atoms with Gasteiger partial charge in [-0.1, -0.05) is 12.1 Å². The number of amides is 1. The topological polar surface area (TPSA) is 56.0 Å². The van der Waals surface area contributed by atoms with Gasteiger partial charge in [-0.2, -0.15) is 5.10 Å². The summed E-state index contributed by atoms with van der Waals surface area (Å²) >= 11 is 0. The molecule has 0 saturated carbocycles. The van der Waals surface area contributed by atoms with Crippen LogP contribution < -0.4 is 0 Å². The van der Waals surface area contributed by atoms with Crippen molar-refractivity contribution in [2.45, 2.75) is 25.9 Å². The van der Waals surface area contributed by atoms with Crippen molar-refractivity contribution in [3.05, 3.63) is 67.0 Å². The minimum atomic E-state index is -0.220. The van der Waals surface area contributed by atoms with Crippen molar-refractivity contribution in [3.63, 3.8) is 0 Å². The molecular formula is C18H21N5O. The molecule has 0 spiro atoms. The van der Waals surface area contributed by atoms with Crippen LogP contribution in [-0.2, 0) is 4.79 Å². The van der Waals surface area contributed by atoms with Crippen LogP contribution in [0.5, 0.6) is 0 Å². The molecule has 2 unspecified atom stereocenters. The molecule has 124 valence electrons. The summed E-state index contributed by atoms with van der Waals surface area (Å²) in [5.41, 5.74) is 2.02. The van der Waals surface area contributed by atoms with Gasteiger partial charge < -0.3 is 9.47 Å². The zero-order chi connectivity index (χ0) is 17.1. The summed E-state index contributed by atoms with van der Waals surface area (Å²) in [4.78, 5) is 18.4. The number of rotatable bonds is 5. The lowest BCUT2D eigenvalue weighted by Crippen LogP contribution is -2.34. The van der Waals surface area contributed by atoms with E-state index < -0.39 is 0 Å². The van der Waals surface area contributed by atoms with Crippen LogP contribution in [-0.4, -0.2) is 37.2 Å². The van der Waals surface area contributed by atoms with Crippen molar-refractivity contribution in [3.8, 4) is 5.69 Å². The molecule has 3 aromatic rings. The second-order valence-electron chi connectivity index (χ2n) is 5.86. The Kier molecular flexibility index (Phi) is 4.46. The summed E-state index contributed by atoms with van der Waals surface area (Å²) in [6, 6.07) is 11.6. The Bertz CT molecular complexity index is 777. The van der Waals surface area contributed by atoms with Gasteiger partial charge in [-0.25, -0.2) is 9.67 Å². The SMILES string of the molecule is CC(c1ccc(-n2cncn2)cc1)N(C)C(=O)C(C)n1cccc1. The minimum absolute atomic E-state index is 0.0136. The first-order chi connectivity index (χ1) is 11.6. The van der Waals surface area contributed by atoms with Gasteiger partial charge in [-0.05, 0) is 43.7 Å². The first-order valence-electron chi connectivity index (χ1n) is 7.92. The monoisotopic (exact) mass is 323 g/mol. The Hall–Kier alpha value is -2.89. The molecule has 24 heavy (non-hydrogen) atoms. The highest BCUT2D eigenvalue weighted by molar-refractivity contribution is 5.80. The standard InChI is InChI=1S/C18H21N5O/c1-14(21(3)18(24)15(2)22-10-4-5-11-22)16-6-8-17(9-7-16)23-13-19-12-20-23/h4-15H,1-3H3. The van der Waals surface area contributed by atoms with Gasteiger partial charge in [0, 0.05) is 19.4 Å². The Morgan fingerprint density at radius 3 is 2.38 bits per heavy atom. The van der Waals surface area contributed by atoms with E-state index in [9.17, 15) is 4.79 Å². The third kappa shape index (κ3) is 3.08. The van der Waals surface area contributed by atoms with Gasteiger partial charge in [-0.15, -0.1) is 0 Å². The average Bonchev–Trinajstić information content (AvgIpc) is 3.32. The summed E-state index contributed by atoms with van der Waals surface area (Å²) in [5, 5.41) is 4.11. The lowest BCUT2D eigenvalue weighted by atomic mass is 10.1. The van der Waals surface area contributed by atoms with Gasteiger partial charge in [0.15, 0.2) is 0 Å². The highest BCUT2D eigenvalue weighted by atomic mass is 16.2. The van der Waals surface area contributed by atoms with Crippen LogP contribution in [0.3, 0.4) is 0 Å². The number of likely N-dealkylation sites (N-methyl/N-ethyl adjacent to an activating group) is 1. The van der Waals surface area contributed by atoms with Gasteiger partial charge in [0.2, 0.25) is 5.91 Å². The van der Waals surface area contributed by atoms with E-state index in [1.54, 1.807) is 15.9 Å². The predicted molar refractivity (Wildman–Crippen MR) is 91.7 cm³/mol. The van der Waals surface area contributed by atoms with Gasteiger partial charge in [-0.3, -0.25) is 4.79 Å². The van der Waals surface area contributed by atoms with E-state index in [2.05, 4.69) is 10.1 Å². The van der Waals surface area contributed by atoms with E-state index in [-0.39, 0.29) is 18.0 Å². The predicted octanol–water partition coefficient (Wildman–Crippen LogP) is 2.85. The van der Waals surface area contributed by atoms with E-state index >= 15 is 0 Å². The van der Waals surface area contributed by atoms with E-state index in [0.29, 0.717) is 0 Å². The fraction of sp³-hybridized carbons (Fsp3) is 0.278. The molecule has 0 fully saturated rings. The van der Waals surface area contributed by atoms with Gasteiger partial charge in [0.1, 0.15) is 18.7 Å². The molecule has 0 radical (unpaired) electrons. The smallest absolute Gasteiger partial charge is 0.245 e. The molecule has 2 atom stereocenters. The second-order valence-corrected chi connectivity index (χ2v) is 5.86. The van der Waals surface area contributed by atoms with Crippen molar-refractivity contribution in [1.29, 1.82) is 0 Å². The maximum Gasteiger partial charge on any atom is 0.245 e. The molecule has 6 heteroatoms. The first-order valence-corrected chi connectivity index (χ1v) is 7.92. The molecule has 0 aliphatic carbocycles. The van der Waals surface area contributed by atoms with Crippen LogP contribution in [0, 0.1) is 0 Å². The molecule has 1 amide bonds. The number of aromatic nitrogens is 4. The molecule has 0 aliphatic heterocycles. The normalized spacial score (nSPS) is 13.5. The Morgan fingerprint density at radius 2 is 1.79 bits per heavy atom. The lowest BCUT2D eigenvalue weighted by molar-refractivity contribution is -0.134. The number of carbonyl (C=O) groups excluding carboxylic acids is 1. The molecule has 0 bridgehead atoms.